The molecule has 2 aromatic rings. The number of ether oxygens (including phenoxy) is 1. The number of nitrogens with zero attached hydrogens (tertiary/aromatic N) is 3. The van der Waals surface area contributed by atoms with E-state index >= 15 is 0 Å². The number of carbonyl (C=O) groups excluding carboxylic acids is 1. The second kappa shape index (κ2) is 6.83. The zero-order chi connectivity index (χ0) is 17.0. The number of carbonyl (C=O) groups is 1. The molecule has 2 rings (SSSR count). The topological polar surface area (TPSA) is 106 Å². The van der Waals surface area contributed by atoms with Gasteiger partial charge in [0.25, 0.3) is 0 Å². The van der Waals surface area contributed by atoms with E-state index in [4.69, 9.17) is 9.26 Å². The second-order valence-electron chi connectivity index (χ2n) is 4.88. The quantitative estimate of drug-likeness (QED) is 0.617. The molecule has 1 heterocycles. The summed E-state index contributed by atoms with van der Waals surface area (Å²) in [5, 5.41) is 16.0. The van der Waals surface area contributed by atoms with Gasteiger partial charge in [-0.1, -0.05) is 17.3 Å². The molecule has 7 nitrogen and oxygen atoms in total. The van der Waals surface area contributed by atoms with Gasteiger partial charge in [-0.05, 0) is 37.6 Å². The molecule has 0 spiro atoms. The van der Waals surface area contributed by atoms with Crippen molar-refractivity contribution in [3.05, 3.63) is 40.1 Å². The molecule has 1 aromatic heterocycles. The molecule has 0 bridgehead atoms. The van der Waals surface area contributed by atoms with Crippen LogP contribution in [0.3, 0.4) is 0 Å². The SMILES string of the molecule is CCOC(=O)C(C#N)c1ccc(-c2c(C)noc2C)cc1N=O. The molecule has 0 aliphatic carbocycles. The summed E-state index contributed by atoms with van der Waals surface area (Å²) in [4.78, 5) is 23.0. The van der Waals surface area contributed by atoms with E-state index in [2.05, 4.69) is 10.3 Å². The Kier molecular flexibility index (Phi) is 4.86. The second-order valence-corrected chi connectivity index (χ2v) is 4.88. The van der Waals surface area contributed by atoms with Crippen LogP contribution in [-0.4, -0.2) is 17.7 Å². The molecular weight excluding hydrogens is 298 g/mol. The van der Waals surface area contributed by atoms with E-state index in [9.17, 15) is 15.0 Å². The van der Waals surface area contributed by atoms with Crippen LogP contribution in [0.2, 0.25) is 0 Å². The number of aromatic nitrogens is 1. The molecule has 0 aliphatic heterocycles. The summed E-state index contributed by atoms with van der Waals surface area (Å²) in [6.45, 7) is 5.34. The fourth-order valence-corrected chi connectivity index (χ4v) is 2.39. The molecule has 0 radical (unpaired) electrons. The van der Waals surface area contributed by atoms with Crippen molar-refractivity contribution in [3.63, 3.8) is 0 Å². The largest absolute Gasteiger partial charge is 0.465 e. The van der Waals surface area contributed by atoms with E-state index in [1.54, 1.807) is 26.8 Å². The molecular formula is C16H15N3O4. The number of nitriles is 1. The molecule has 0 saturated carbocycles. The number of hydrogen-bond donors (Lipinski definition) is 0. The van der Waals surface area contributed by atoms with Gasteiger partial charge in [0.05, 0.1) is 18.4 Å². The Balaban J connectivity index is 2.51. The Labute approximate surface area is 132 Å². The van der Waals surface area contributed by atoms with Gasteiger partial charge in [-0.2, -0.15) is 5.26 Å². The predicted molar refractivity (Wildman–Crippen MR) is 81.9 cm³/mol. The minimum atomic E-state index is -1.19. The molecule has 118 valence electrons. The number of rotatable bonds is 5. The van der Waals surface area contributed by atoms with Gasteiger partial charge < -0.3 is 9.26 Å². The summed E-state index contributed by atoms with van der Waals surface area (Å²) >= 11 is 0. The average Bonchev–Trinajstić information content (AvgIpc) is 2.87. The third-order valence-electron chi connectivity index (χ3n) is 3.41. The van der Waals surface area contributed by atoms with Gasteiger partial charge in [-0.15, -0.1) is 4.91 Å². The normalized spacial score (nSPS) is 11.6. The van der Waals surface area contributed by atoms with Crippen molar-refractivity contribution < 1.29 is 14.1 Å². The zero-order valence-corrected chi connectivity index (χ0v) is 13.0. The lowest BCUT2D eigenvalue weighted by Gasteiger charge is -2.11. The van der Waals surface area contributed by atoms with Crippen molar-refractivity contribution in [3.8, 4) is 17.2 Å². The first kappa shape index (κ1) is 16.4. The Morgan fingerprint density at radius 2 is 2.22 bits per heavy atom. The highest BCUT2D eigenvalue weighted by molar-refractivity contribution is 5.84. The first-order valence-corrected chi connectivity index (χ1v) is 7.00. The van der Waals surface area contributed by atoms with Gasteiger partial charge in [-0.3, -0.25) is 4.79 Å². The minimum Gasteiger partial charge on any atom is -0.465 e. The summed E-state index contributed by atoms with van der Waals surface area (Å²) in [5.74, 6) is -1.29. The van der Waals surface area contributed by atoms with E-state index in [0.29, 0.717) is 17.0 Å². The van der Waals surface area contributed by atoms with Crippen LogP contribution in [0.4, 0.5) is 5.69 Å². The van der Waals surface area contributed by atoms with Gasteiger partial charge in [-0.25, -0.2) is 0 Å². The Morgan fingerprint density at radius 1 is 1.48 bits per heavy atom. The third kappa shape index (κ3) is 3.11. The lowest BCUT2D eigenvalue weighted by Crippen LogP contribution is -2.14. The summed E-state index contributed by atoms with van der Waals surface area (Å²) in [5.41, 5.74) is 2.35. The van der Waals surface area contributed by atoms with Gasteiger partial charge in [0.2, 0.25) is 0 Å². The average molecular weight is 313 g/mol. The van der Waals surface area contributed by atoms with E-state index in [1.165, 1.54) is 12.1 Å². The van der Waals surface area contributed by atoms with Crippen molar-refractivity contribution in [1.82, 2.24) is 5.16 Å². The molecule has 1 aromatic carbocycles. The highest BCUT2D eigenvalue weighted by Crippen LogP contribution is 2.34. The lowest BCUT2D eigenvalue weighted by atomic mass is 9.94. The monoisotopic (exact) mass is 313 g/mol. The highest BCUT2D eigenvalue weighted by atomic mass is 16.5. The molecule has 0 aliphatic rings. The van der Waals surface area contributed by atoms with Crippen LogP contribution in [-0.2, 0) is 9.53 Å². The number of nitroso groups, excluding NO2 is 1. The van der Waals surface area contributed by atoms with Gasteiger partial charge >= 0.3 is 5.97 Å². The van der Waals surface area contributed by atoms with Gasteiger partial charge in [0, 0.05) is 11.1 Å². The Morgan fingerprint density at radius 3 is 2.74 bits per heavy atom. The zero-order valence-electron chi connectivity index (χ0n) is 13.0. The molecule has 1 atom stereocenters. The minimum absolute atomic E-state index is 0.0158. The molecule has 23 heavy (non-hydrogen) atoms. The van der Waals surface area contributed by atoms with Crippen molar-refractivity contribution in [2.24, 2.45) is 5.18 Å². The third-order valence-corrected chi connectivity index (χ3v) is 3.41. The predicted octanol–water partition coefficient (Wildman–Crippen LogP) is 3.53. The maximum absolute atomic E-state index is 11.9. The number of esters is 1. The van der Waals surface area contributed by atoms with Crippen LogP contribution in [0.15, 0.2) is 27.9 Å². The number of aryl methyl sites for hydroxylation is 2. The summed E-state index contributed by atoms with van der Waals surface area (Å²) < 4.78 is 9.97. The maximum Gasteiger partial charge on any atom is 0.327 e. The first-order valence-electron chi connectivity index (χ1n) is 7.00. The Hall–Kier alpha value is -3.01. The Bertz CT molecular complexity index is 770. The standard InChI is InChI=1S/C16H15N3O4/c1-4-22-16(20)13(8-17)12-6-5-11(7-14(12)18-21)15-9(2)19-23-10(15)3/h5-7,13H,4H2,1-3H3. The van der Waals surface area contributed by atoms with Gasteiger partial charge in [0.1, 0.15) is 11.4 Å². The number of benzene rings is 1. The van der Waals surface area contributed by atoms with Crippen LogP contribution < -0.4 is 0 Å². The summed E-state index contributed by atoms with van der Waals surface area (Å²) in [7, 11) is 0. The number of hydrogen-bond acceptors (Lipinski definition) is 7. The van der Waals surface area contributed by atoms with E-state index in [-0.39, 0.29) is 17.9 Å². The van der Waals surface area contributed by atoms with E-state index in [1.807, 2.05) is 6.07 Å². The van der Waals surface area contributed by atoms with Crippen LogP contribution in [0.5, 0.6) is 0 Å². The van der Waals surface area contributed by atoms with Crippen LogP contribution >= 0.6 is 0 Å². The first-order chi connectivity index (χ1) is 11.0. The van der Waals surface area contributed by atoms with E-state index < -0.39 is 11.9 Å². The molecule has 1 unspecified atom stereocenters. The van der Waals surface area contributed by atoms with Crippen molar-refractivity contribution in [1.29, 1.82) is 5.26 Å². The van der Waals surface area contributed by atoms with Crippen LogP contribution in [0, 0.1) is 30.1 Å². The van der Waals surface area contributed by atoms with E-state index in [0.717, 1.165) is 5.56 Å². The summed E-state index contributed by atoms with van der Waals surface area (Å²) in [6, 6.07) is 6.59. The molecule has 7 heteroatoms. The smallest absolute Gasteiger partial charge is 0.327 e. The van der Waals surface area contributed by atoms with Crippen molar-refractivity contribution in [2.75, 3.05) is 6.61 Å². The van der Waals surface area contributed by atoms with Crippen molar-refractivity contribution in [2.45, 2.75) is 26.7 Å². The molecule has 0 fully saturated rings. The maximum atomic E-state index is 11.9. The molecule has 0 N–H and O–H groups in total. The fraction of sp³-hybridized carbons (Fsp3) is 0.312. The molecule has 0 saturated heterocycles. The molecule has 0 amide bonds. The van der Waals surface area contributed by atoms with Crippen molar-refractivity contribution >= 4 is 11.7 Å². The summed E-state index contributed by atoms with van der Waals surface area (Å²) in [6.07, 6.45) is 0. The van der Waals surface area contributed by atoms with Gasteiger partial charge in [0.15, 0.2) is 5.92 Å². The fourth-order valence-electron chi connectivity index (χ4n) is 2.39. The van der Waals surface area contributed by atoms with Crippen LogP contribution in [0.25, 0.3) is 11.1 Å². The highest BCUT2D eigenvalue weighted by Gasteiger charge is 2.26. The van der Waals surface area contributed by atoms with Crippen LogP contribution in [0.1, 0.15) is 29.9 Å². The lowest BCUT2D eigenvalue weighted by molar-refractivity contribution is -0.143.